The standard InChI is InChI=1S/C13H18N2O3S/c1-15(12(18)10-3-2-6-19-10)7-11(17)14-8-13(9-16)4-5-13/h2-3,6,16H,4-5,7-9H2,1H3,(H,14,17). The number of likely N-dealkylation sites (N-methyl/N-ethyl adjacent to an activating group) is 1. The summed E-state index contributed by atoms with van der Waals surface area (Å²) in [7, 11) is 1.61. The third kappa shape index (κ3) is 3.54. The normalized spacial score (nSPS) is 15.9. The van der Waals surface area contributed by atoms with Gasteiger partial charge in [-0.05, 0) is 24.3 Å². The highest BCUT2D eigenvalue weighted by Crippen LogP contribution is 2.44. The third-order valence-corrected chi connectivity index (χ3v) is 4.27. The molecule has 19 heavy (non-hydrogen) atoms. The first-order chi connectivity index (χ1) is 9.06. The molecule has 0 atom stereocenters. The predicted octanol–water partition coefficient (Wildman–Crippen LogP) is 0.709. The SMILES string of the molecule is CN(CC(=O)NCC1(CO)CC1)C(=O)c1cccs1. The lowest BCUT2D eigenvalue weighted by Crippen LogP contribution is -2.40. The highest BCUT2D eigenvalue weighted by Gasteiger charge is 2.42. The maximum absolute atomic E-state index is 11.9. The van der Waals surface area contributed by atoms with E-state index < -0.39 is 0 Å². The van der Waals surface area contributed by atoms with Crippen molar-refractivity contribution in [2.45, 2.75) is 12.8 Å². The molecule has 0 spiro atoms. The molecule has 1 aromatic rings. The molecule has 104 valence electrons. The molecule has 1 saturated carbocycles. The minimum atomic E-state index is -0.188. The van der Waals surface area contributed by atoms with Gasteiger partial charge in [-0.25, -0.2) is 0 Å². The summed E-state index contributed by atoms with van der Waals surface area (Å²) in [4.78, 5) is 25.7. The van der Waals surface area contributed by atoms with E-state index in [2.05, 4.69) is 5.32 Å². The summed E-state index contributed by atoms with van der Waals surface area (Å²) in [6.45, 7) is 0.638. The van der Waals surface area contributed by atoms with Crippen LogP contribution in [0.4, 0.5) is 0 Å². The van der Waals surface area contributed by atoms with Crippen LogP contribution in [0, 0.1) is 5.41 Å². The van der Waals surface area contributed by atoms with Crippen LogP contribution in [-0.2, 0) is 4.79 Å². The summed E-state index contributed by atoms with van der Waals surface area (Å²) in [5, 5.41) is 13.8. The molecule has 5 nitrogen and oxygen atoms in total. The Morgan fingerprint density at radius 1 is 1.53 bits per heavy atom. The van der Waals surface area contributed by atoms with Crippen molar-refractivity contribution < 1.29 is 14.7 Å². The summed E-state index contributed by atoms with van der Waals surface area (Å²) >= 11 is 1.36. The summed E-state index contributed by atoms with van der Waals surface area (Å²) in [5.41, 5.74) is -0.105. The Morgan fingerprint density at radius 3 is 2.79 bits per heavy atom. The van der Waals surface area contributed by atoms with E-state index in [1.807, 2.05) is 11.4 Å². The summed E-state index contributed by atoms with van der Waals surface area (Å²) in [6.07, 6.45) is 1.90. The molecule has 0 aliphatic heterocycles. The van der Waals surface area contributed by atoms with Gasteiger partial charge in [0.25, 0.3) is 5.91 Å². The van der Waals surface area contributed by atoms with E-state index in [1.165, 1.54) is 16.2 Å². The number of rotatable bonds is 6. The number of hydrogen-bond donors (Lipinski definition) is 2. The minimum Gasteiger partial charge on any atom is -0.396 e. The molecule has 0 aromatic carbocycles. The van der Waals surface area contributed by atoms with Crippen molar-refractivity contribution in [2.75, 3.05) is 26.7 Å². The van der Waals surface area contributed by atoms with Gasteiger partial charge in [0.15, 0.2) is 0 Å². The lowest BCUT2D eigenvalue weighted by molar-refractivity contribution is -0.121. The largest absolute Gasteiger partial charge is 0.396 e. The van der Waals surface area contributed by atoms with Crippen molar-refractivity contribution in [1.29, 1.82) is 0 Å². The molecule has 0 radical (unpaired) electrons. The Labute approximate surface area is 116 Å². The molecule has 2 N–H and O–H groups in total. The van der Waals surface area contributed by atoms with Gasteiger partial charge >= 0.3 is 0 Å². The van der Waals surface area contributed by atoms with Crippen LogP contribution >= 0.6 is 11.3 Å². The maximum Gasteiger partial charge on any atom is 0.264 e. The van der Waals surface area contributed by atoms with Crippen LogP contribution in [0.5, 0.6) is 0 Å². The molecule has 1 heterocycles. The Hall–Kier alpha value is -1.40. The Bertz CT molecular complexity index is 454. The molecule has 1 aromatic heterocycles. The summed E-state index contributed by atoms with van der Waals surface area (Å²) < 4.78 is 0. The molecule has 1 fully saturated rings. The van der Waals surface area contributed by atoms with Gasteiger partial charge in [0.1, 0.15) is 0 Å². The van der Waals surface area contributed by atoms with E-state index in [0.29, 0.717) is 11.4 Å². The number of amides is 2. The minimum absolute atomic E-state index is 0.0399. The van der Waals surface area contributed by atoms with E-state index in [9.17, 15) is 9.59 Å². The fraction of sp³-hybridized carbons (Fsp3) is 0.538. The first-order valence-corrected chi connectivity index (χ1v) is 7.11. The Morgan fingerprint density at radius 2 is 2.26 bits per heavy atom. The van der Waals surface area contributed by atoms with E-state index in [-0.39, 0.29) is 30.4 Å². The molecule has 2 rings (SSSR count). The molecule has 0 saturated heterocycles. The van der Waals surface area contributed by atoms with Crippen LogP contribution in [-0.4, -0.2) is 48.6 Å². The number of carbonyl (C=O) groups excluding carboxylic acids is 2. The zero-order chi connectivity index (χ0) is 13.9. The highest BCUT2D eigenvalue weighted by molar-refractivity contribution is 7.12. The van der Waals surface area contributed by atoms with Crippen molar-refractivity contribution in [3.8, 4) is 0 Å². The van der Waals surface area contributed by atoms with Crippen molar-refractivity contribution in [2.24, 2.45) is 5.41 Å². The van der Waals surface area contributed by atoms with Crippen molar-refractivity contribution in [3.05, 3.63) is 22.4 Å². The topological polar surface area (TPSA) is 69.6 Å². The second-order valence-electron chi connectivity index (χ2n) is 5.07. The number of thiophene rings is 1. The predicted molar refractivity (Wildman–Crippen MR) is 73.0 cm³/mol. The van der Waals surface area contributed by atoms with E-state index in [4.69, 9.17) is 5.11 Å². The molecule has 1 aliphatic rings. The smallest absolute Gasteiger partial charge is 0.264 e. The van der Waals surface area contributed by atoms with E-state index >= 15 is 0 Å². The second kappa shape index (κ2) is 5.71. The molecule has 1 aliphatic carbocycles. The van der Waals surface area contributed by atoms with Gasteiger partial charge in [-0.2, -0.15) is 0 Å². The Kier molecular flexibility index (Phi) is 4.21. The fourth-order valence-corrected chi connectivity index (χ4v) is 2.50. The first kappa shape index (κ1) is 14.0. The van der Waals surface area contributed by atoms with Crippen molar-refractivity contribution >= 4 is 23.2 Å². The van der Waals surface area contributed by atoms with Gasteiger partial charge < -0.3 is 15.3 Å². The zero-order valence-corrected chi connectivity index (χ0v) is 11.7. The number of hydrogen-bond acceptors (Lipinski definition) is 4. The zero-order valence-electron chi connectivity index (χ0n) is 10.9. The quantitative estimate of drug-likeness (QED) is 0.807. The van der Waals surface area contributed by atoms with E-state index in [1.54, 1.807) is 13.1 Å². The molecule has 2 amide bonds. The van der Waals surface area contributed by atoms with Crippen LogP contribution in [0.15, 0.2) is 17.5 Å². The number of aliphatic hydroxyl groups is 1. The van der Waals surface area contributed by atoms with Gasteiger partial charge in [-0.1, -0.05) is 6.07 Å². The molecular formula is C13H18N2O3S. The maximum atomic E-state index is 11.9. The van der Waals surface area contributed by atoms with Crippen LogP contribution in [0.2, 0.25) is 0 Å². The lowest BCUT2D eigenvalue weighted by Gasteiger charge is -2.17. The van der Waals surface area contributed by atoms with Crippen LogP contribution in [0.3, 0.4) is 0 Å². The monoisotopic (exact) mass is 282 g/mol. The van der Waals surface area contributed by atoms with Crippen LogP contribution in [0.1, 0.15) is 22.5 Å². The van der Waals surface area contributed by atoms with Crippen molar-refractivity contribution in [3.63, 3.8) is 0 Å². The molecular weight excluding hydrogens is 264 g/mol. The van der Waals surface area contributed by atoms with Gasteiger partial charge in [-0.3, -0.25) is 9.59 Å². The first-order valence-electron chi connectivity index (χ1n) is 6.23. The number of carbonyl (C=O) groups is 2. The van der Waals surface area contributed by atoms with Crippen molar-refractivity contribution in [1.82, 2.24) is 10.2 Å². The van der Waals surface area contributed by atoms with Gasteiger partial charge in [0.05, 0.1) is 18.0 Å². The molecule has 0 bridgehead atoms. The van der Waals surface area contributed by atoms with Gasteiger partial charge in [0.2, 0.25) is 5.91 Å². The van der Waals surface area contributed by atoms with Gasteiger partial charge in [0, 0.05) is 19.0 Å². The second-order valence-corrected chi connectivity index (χ2v) is 6.02. The molecule has 0 unspecified atom stereocenters. The summed E-state index contributed by atoms with van der Waals surface area (Å²) in [6, 6.07) is 3.55. The van der Waals surface area contributed by atoms with Crippen LogP contribution < -0.4 is 5.32 Å². The Balaban J connectivity index is 1.77. The van der Waals surface area contributed by atoms with E-state index in [0.717, 1.165) is 12.8 Å². The number of nitrogens with one attached hydrogen (secondary N) is 1. The molecule has 6 heteroatoms. The van der Waals surface area contributed by atoms with Crippen LogP contribution in [0.25, 0.3) is 0 Å². The lowest BCUT2D eigenvalue weighted by atomic mass is 10.1. The average molecular weight is 282 g/mol. The average Bonchev–Trinajstić information content (AvgIpc) is 2.98. The number of aliphatic hydroxyl groups excluding tert-OH is 1. The fourth-order valence-electron chi connectivity index (χ4n) is 1.79. The van der Waals surface area contributed by atoms with Gasteiger partial charge in [-0.15, -0.1) is 11.3 Å². The third-order valence-electron chi connectivity index (χ3n) is 3.41. The highest BCUT2D eigenvalue weighted by atomic mass is 32.1. The number of nitrogens with zero attached hydrogens (tertiary/aromatic N) is 1. The summed E-state index contributed by atoms with van der Waals surface area (Å²) in [5.74, 6) is -0.333.